The highest BCUT2D eigenvalue weighted by atomic mass is 35.5. The first-order valence-corrected chi connectivity index (χ1v) is 7.89. The molecule has 0 unspecified atom stereocenters. The van der Waals surface area contributed by atoms with Crippen LogP contribution >= 0.6 is 11.6 Å². The van der Waals surface area contributed by atoms with Gasteiger partial charge in [-0.15, -0.1) is 0 Å². The molecule has 8 heteroatoms. The van der Waals surface area contributed by atoms with Crippen molar-refractivity contribution in [3.05, 3.63) is 41.1 Å². The second-order valence-corrected chi connectivity index (χ2v) is 6.12. The largest absolute Gasteiger partial charge is 0.465 e. The van der Waals surface area contributed by atoms with Gasteiger partial charge in [0.05, 0.1) is 0 Å². The molecule has 0 saturated carbocycles. The number of hydrogen-bond donors (Lipinski definition) is 2. The van der Waals surface area contributed by atoms with Crippen molar-refractivity contribution in [2.45, 2.75) is 6.42 Å². The Morgan fingerprint density at radius 3 is 2.96 bits per heavy atom. The first-order chi connectivity index (χ1) is 11.5. The van der Waals surface area contributed by atoms with E-state index in [9.17, 15) is 9.59 Å². The number of aromatic nitrogens is 1. The molecule has 126 valence electrons. The Hall–Kier alpha value is -2.54. The third-order valence-electron chi connectivity index (χ3n) is 3.96. The van der Waals surface area contributed by atoms with E-state index in [1.165, 1.54) is 4.90 Å². The fourth-order valence-electron chi connectivity index (χ4n) is 2.66. The summed E-state index contributed by atoms with van der Waals surface area (Å²) in [5, 5.41) is 16.1. The van der Waals surface area contributed by atoms with Crippen LogP contribution in [0, 0.1) is 5.92 Å². The zero-order chi connectivity index (χ0) is 17.1. The lowest BCUT2D eigenvalue weighted by Gasteiger charge is -2.12. The highest BCUT2D eigenvalue weighted by Gasteiger charge is 2.26. The zero-order valence-electron chi connectivity index (χ0n) is 12.7. The van der Waals surface area contributed by atoms with Gasteiger partial charge in [0.1, 0.15) is 5.69 Å². The first-order valence-electron chi connectivity index (χ1n) is 7.51. The van der Waals surface area contributed by atoms with Gasteiger partial charge in [-0.2, -0.15) is 0 Å². The van der Waals surface area contributed by atoms with Gasteiger partial charge < -0.3 is 19.8 Å². The molecule has 7 nitrogen and oxygen atoms in total. The number of carboxylic acid groups (broad SMARTS) is 1. The Kier molecular flexibility index (Phi) is 4.71. The Morgan fingerprint density at radius 2 is 2.25 bits per heavy atom. The van der Waals surface area contributed by atoms with E-state index in [-0.39, 0.29) is 17.6 Å². The minimum atomic E-state index is -0.926. The third-order valence-corrected chi connectivity index (χ3v) is 4.20. The standard InChI is InChI=1S/C16H16ClN3O4/c17-12-3-1-2-11(6-12)13-7-14(24-19-13)15(21)18-8-10-4-5-20(9-10)16(22)23/h1-3,6-7,10H,4-5,8-9H2,(H,18,21)(H,22,23)/t10-/m1/s1. The summed E-state index contributed by atoms with van der Waals surface area (Å²) in [6.07, 6.45) is -0.193. The van der Waals surface area contributed by atoms with Gasteiger partial charge in [0.2, 0.25) is 5.76 Å². The summed E-state index contributed by atoms with van der Waals surface area (Å²) < 4.78 is 5.09. The number of likely N-dealkylation sites (tertiary alicyclic amines) is 1. The van der Waals surface area contributed by atoms with Crippen LogP contribution in [-0.4, -0.2) is 46.8 Å². The van der Waals surface area contributed by atoms with Crippen LogP contribution in [0.2, 0.25) is 5.02 Å². The lowest BCUT2D eigenvalue weighted by Crippen LogP contribution is -2.32. The fourth-order valence-corrected chi connectivity index (χ4v) is 2.85. The van der Waals surface area contributed by atoms with E-state index >= 15 is 0 Å². The number of nitrogens with zero attached hydrogens (tertiary/aromatic N) is 2. The Morgan fingerprint density at radius 1 is 1.42 bits per heavy atom. The van der Waals surface area contributed by atoms with Gasteiger partial charge in [0.25, 0.3) is 5.91 Å². The molecule has 1 atom stereocenters. The van der Waals surface area contributed by atoms with Gasteiger partial charge in [-0.3, -0.25) is 4.79 Å². The zero-order valence-corrected chi connectivity index (χ0v) is 13.5. The van der Waals surface area contributed by atoms with Crippen LogP contribution in [0.1, 0.15) is 17.0 Å². The summed E-state index contributed by atoms with van der Waals surface area (Å²) >= 11 is 5.94. The molecule has 1 aromatic carbocycles. The maximum Gasteiger partial charge on any atom is 0.407 e. The maximum atomic E-state index is 12.1. The second-order valence-electron chi connectivity index (χ2n) is 5.68. The van der Waals surface area contributed by atoms with Crippen LogP contribution in [0.3, 0.4) is 0 Å². The normalized spacial score (nSPS) is 17.0. The van der Waals surface area contributed by atoms with E-state index in [1.54, 1.807) is 24.3 Å². The van der Waals surface area contributed by atoms with Crippen molar-refractivity contribution in [2.75, 3.05) is 19.6 Å². The molecule has 24 heavy (non-hydrogen) atoms. The molecule has 0 spiro atoms. The van der Waals surface area contributed by atoms with E-state index in [0.29, 0.717) is 30.4 Å². The van der Waals surface area contributed by atoms with Crippen LogP contribution < -0.4 is 5.32 Å². The summed E-state index contributed by atoms with van der Waals surface area (Å²) in [6, 6.07) is 8.66. The topological polar surface area (TPSA) is 95.7 Å². The van der Waals surface area contributed by atoms with Gasteiger partial charge in [-0.25, -0.2) is 4.79 Å². The van der Waals surface area contributed by atoms with Crippen molar-refractivity contribution in [1.82, 2.24) is 15.4 Å². The van der Waals surface area contributed by atoms with Crippen molar-refractivity contribution in [1.29, 1.82) is 0 Å². The Bertz CT molecular complexity index is 761. The highest BCUT2D eigenvalue weighted by Crippen LogP contribution is 2.22. The van der Waals surface area contributed by atoms with Crippen LogP contribution in [0.4, 0.5) is 4.79 Å². The number of nitrogens with one attached hydrogen (secondary N) is 1. The van der Waals surface area contributed by atoms with Gasteiger partial charge >= 0.3 is 6.09 Å². The SMILES string of the molecule is O=C(NC[C@H]1CCN(C(=O)O)C1)c1cc(-c2cccc(Cl)c2)no1. The summed E-state index contributed by atoms with van der Waals surface area (Å²) in [4.78, 5) is 24.4. The van der Waals surface area contributed by atoms with E-state index in [0.717, 1.165) is 12.0 Å². The van der Waals surface area contributed by atoms with Gasteiger partial charge in [0.15, 0.2) is 0 Å². The molecule has 2 heterocycles. The summed E-state index contributed by atoms with van der Waals surface area (Å²) in [7, 11) is 0. The average Bonchev–Trinajstić information content (AvgIpc) is 3.22. The highest BCUT2D eigenvalue weighted by molar-refractivity contribution is 6.30. The van der Waals surface area contributed by atoms with E-state index < -0.39 is 6.09 Å². The number of rotatable bonds is 4. The quantitative estimate of drug-likeness (QED) is 0.884. The smallest absolute Gasteiger partial charge is 0.407 e. The predicted molar refractivity (Wildman–Crippen MR) is 87.0 cm³/mol. The Labute approximate surface area is 143 Å². The number of carbonyl (C=O) groups excluding carboxylic acids is 1. The molecule has 3 rings (SSSR count). The van der Waals surface area contributed by atoms with E-state index in [2.05, 4.69) is 10.5 Å². The third kappa shape index (κ3) is 3.68. The van der Waals surface area contributed by atoms with Crippen molar-refractivity contribution in [3.63, 3.8) is 0 Å². The summed E-state index contributed by atoms with van der Waals surface area (Å²) in [6.45, 7) is 1.33. The van der Waals surface area contributed by atoms with Gasteiger partial charge in [0, 0.05) is 36.3 Å². The van der Waals surface area contributed by atoms with Crippen LogP contribution in [-0.2, 0) is 0 Å². The Balaban J connectivity index is 1.57. The van der Waals surface area contributed by atoms with Crippen molar-refractivity contribution in [2.24, 2.45) is 5.92 Å². The summed E-state index contributed by atoms with van der Waals surface area (Å²) in [5.41, 5.74) is 1.29. The number of benzene rings is 1. The number of carbonyl (C=O) groups is 2. The molecule has 2 N–H and O–H groups in total. The monoisotopic (exact) mass is 349 g/mol. The van der Waals surface area contributed by atoms with E-state index in [4.69, 9.17) is 21.2 Å². The first kappa shape index (κ1) is 16.3. The maximum absolute atomic E-state index is 12.1. The van der Waals surface area contributed by atoms with Crippen LogP contribution in [0.15, 0.2) is 34.9 Å². The molecule has 1 fully saturated rings. The molecule has 2 amide bonds. The number of amides is 2. The minimum absolute atomic E-state index is 0.109. The minimum Gasteiger partial charge on any atom is -0.465 e. The molecular formula is C16H16ClN3O4. The van der Waals surface area contributed by atoms with Gasteiger partial charge in [-0.1, -0.05) is 28.9 Å². The molecule has 2 aromatic rings. The van der Waals surface area contributed by atoms with Crippen LogP contribution in [0.5, 0.6) is 0 Å². The lowest BCUT2D eigenvalue weighted by molar-refractivity contribution is 0.0910. The van der Waals surface area contributed by atoms with E-state index in [1.807, 2.05) is 6.07 Å². The van der Waals surface area contributed by atoms with Crippen molar-refractivity contribution >= 4 is 23.6 Å². The molecule has 1 saturated heterocycles. The molecule has 1 aliphatic heterocycles. The second kappa shape index (κ2) is 6.92. The summed E-state index contributed by atoms with van der Waals surface area (Å²) in [5.74, 6) is -0.150. The number of hydrogen-bond acceptors (Lipinski definition) is 4. The van der Waals surface area contributed by atoms with Crippen molar-refractivity contribution in [3.8, 4) is 11.3 Å². The van der Waals surface area contributed by atoms with Gasteiger partial charge in [-0.05, 0) is 24.5 Å². The lowest BCUT2D eigenvalue weighted by atomic mass is 10.1. The molecule has 1 aliphatic rings. The molecule has 0 aliphatic carbocycles. The fraction of sp³-hybridized carbons (Fsp3) is 0.312. The average molecular weight is 350 g/mol. The van der Waals surface area contributed by atoms with Crippen molar-refractivity contribution < 1.29 is 19.2 Å². The molecule has 0 bridgehead atoms. The number of halogens is 1. The molecular weight excluding hydrogens is 334 g/mol. The predicted octanol–water partition coefficient (Wildman–Crippen LogP) is 2.72. The molecule has 1 aromatic heterocycles. The molecule has 0 radical (unpaired) electrons. The van der Waals surface area contributed by atoms with Crippen LogP contribution in [0.25, 0.3) is 11.3 Å².